The zero-order valence-electron chi connectivity index (χ0n) is 11.4. The highest BCUT2D eigenvalue weighted by atomic mass is 32.2. The van der Waals surface area contributed by atoms with E-state index < -0.39 is 10.0 Å². The molecule has 2 rings (SSSR count). The van der Waals surface area contributed by atoms with Crippen molar-refractivity contribution in [2.24, 2.45) is 5.14 Å². The molecule has 0 aliphatic heterocycles. The van der Waals surface area contributed by atoms with Crippen molar-refractivity contribution in [1.29, 1.82) is 5.26 Å². The summed E-state index contributed by atoms with van der Waals surface area (Å²) in [5, 5.41) is 17.1. The van der Waals surface area contributed by atoms with Gasteiger partial charge in [-0.3, -0.25) is 0 Å². The normalized spacial score (nSPS) is 10.9. The molecule has 0 aliphatic carbocycles. The van der Waals surface area contributed by atoms with E-state index in [1.54, 1.807) is 24.3 Å². The molecule has 108 valence electrons. The lowest BCUT2D eigenvalue weighted by Crippen LogP contribution is -2.12. The van der Waals surface area contributed by atoms with Crippen LogP contribution in [0.2, 0.25) is 0 Å². The molecule has 7 heteroatoms. The number of nitrogens with zero attached hydrogens (tertiary/aromatic N) is 2. The Balaban J connectivity index is 2.14. The summed E-state index contributed by atoms with van der Waals surface area (Å²) < 4.78 is 22.3. The van der Waals surface area contributed by atoms with Crippen molar-refractivity contribution >= 4 is 15.8 Å². The molecule has 21 heavy (non-hydrogen) atoms. The maximum atomic E-state index is 11.2. The zero-order chi connectivity index (χ0) is 15.5. The monoisotopic (exact) mass is 302 g/mol. The third kappa shape index (κ3) is 3.78. The molecule has 2 aromatic rings. The van der Waals surface area contributed by atoms with Crippen molar-refractivity contribution in [1.82, 2.24) is 4.98 Å². The van der Waals surface area contributed by atoms with Crippen LogP contribution in [0.5, 0.6) is 0 Å². The van der Waals surface area contributed by atoms with Gasteiger partial charge in [-0.15, -0.1) is 0 Å². The molecule has 0 bridgehead atoms. The summed E-state index contributed by atoms with van der Waals surface area (Å²) >= 11 is 0. The number of hydrogen-bond donors (Lipinski definition) is 2. The number of rotatable bonds is 4. The molecule has 0 amide bonds. The number of nitrogens with two attached hydrogens (primary N) is 1. The van der Waals surface area contributed by atoms with Gasteiger partial charge in [0.25, 0.3) is 0 Å². The Bertz CT molecular complexity index is 793. The molecular formula is C14H14N4O2S. The number of nitrogens with one attached hydrogen (secondary N) is 1. The summed E-state index contributed by atoms with van der Waals surface area (Å²) in [6.07, 6.45) is 0. The number of sulfonamides is 1. The number of hydrogen-bond acceptors (Lipinski definition) is 5. The first-order valence-corrected chi connectivity index (χ1v) is 7.68. The Kier molecular flexibility index (Phi) is 4.21. The summed E-state index contributed by atoms with van der Waals surface area (Å²) in [6.45, 7) is 2.27. The van der Waals surface area contributed by atoms with E-state index >= 15 is 0 Å². The fourth-order valence-electron chi connectivity index (χ4n) is 1.76. The molecule has 0 radical (unpaired) electrons. The van der Waals surface area contributed by atoms with Crippen LogP contribution in [0.3, 0.4) is 0 Å². The predicted molar refractivity (Wildman–Crippen MR) is 78.8 cm³/mol. The molecule has 3 N–H and O–H groups in total. The Hall–Kier alpha value is -2.43. The second-order valence-corrected chi connectivity index (χ2v) is 6.06. The Morgan fingerprint density at radius 3 is 2.48 bits per heavy atom. The summed E-state index contributed by atoms with van der Waals surface area (Å²) in [5.41, 5.74) is 2.12. The van der Waals surface area contributed by atoms with E-state index in [4.69, 9.17) is 10.4 Å². The van der Waals surface area contributed by atoms with Crippen LogP contribution in [-0.4, -0.2) is 13.4 Å². The first kappa shape index (κ1) is 15.0. The van der Waals surface area contributed by atoms with Gasteiger partial charge < -0.3 is 5.32 Å². The number of primary sulfonamides is 1. The quantitative estimate of drug-likeness (QED) is 0.890. The number of pyridine rings is 1. The van der Waals surface area contributed by atoms with Crippen LogP contribution in [0.15, 0.2) is 41.3 Å². The topological polar surface area (TPSA) is 109 Å². The average molecular weight is 302 g/mol. The molecular weight excluding hydrogens is 288 g/mol. The fourth-order valence-corrected chi connectivity index (χ4v) is 2.28. The number of aromatic nitrogens is 1. The van der Waals surface area contributed by atoms with Crippen molar-refractivity contribution in [2.75, 3.05) is 5.32 Å². The molecule has 0 fully saturated rings. The Morgan fingerprint density at radius 2 is 1.90 bits per heavy atom. The van der Waals surface area contributed by atoms with E-state index in [0.717, 1.165) is 11.3 Å². The molecule has 1 heterocycles. The summed E-state index contributed by atoms with van der Waals surface area (Å²) in [6, 6.07) is 11.8. The standard InChI is InChI=1S/C14H14N4O2S/c1-10-2-5-12(8-15)14(18-10)17-9-11-3-6-13(7-4-11)21(16,19)20/h2-7H,9H2,1H3,(H,17,18)(H2,16,19,20). The SMILES string of the molecule is Cc1ccc(C#N)c(NCc2ccc(S(N)(=O)=O)cc2)n1. The second kappa shape index (κ2) is 5.91. The van der Waals surface area contributed by atoms with Crippen LogP contribution in [0, 0.1) is 18.3 Å². The van der Waals surface area contributed by atoms with Gasteiger partial charge in [0.1, 0.15) is 11.9 Å². The summed E-state index contributed by atoms with van der Waals surface area (Å²) in [4.78, 5) is 4.33. The van der Waals surface area contributed by atoms with Gasteiger partial charge in [0, 0.05) is 12.2 Å². The van der Waals surface area contributed by atoms with E-state index in [-0.39, 0.29) is 4.90 Å². The first-order chi connectivity index (χ1) is 9.90. The van der Waals surface area contributed by atoms with E-state index in [1.165, 1.54) is 12.1 Å². The Morgan fingerprint density at radius 1 is 1.24 bits per heavy atom. The van der Waals surface area contributed by atoms with E-state index in [9.17, 15) is 8.42 Å². The molecule has 1 aromatic carbocycles. The van der Waals surface area contributed by atoms with Crippen LogP contribution >= 0.6 is 0 Å². The maximum absolute atomic E-state index is 11.2. The van der Waals surface area contributed by atoms with Gasteiger partial charge >= 0.3 is 0 Å². The summed E-state index contributed by atoms with van der Waals surface area (Å²) in [5.74, 6) is 0.507. The molecule has 0 atom stereocenters. The minimum Gasteiger partial charge on any atom is -0.365 e. The van der Waals surface area contributed by atoms with E-state index in [2.05, 4.69) is 16.4 Å². The lowest BCUT2D eigenvalue weighted by Gasteiger charge is -2.08. The smallest absolute Gasteiger partial charge is 0.238 e. The van der Waals surface area contributed by atoms with Crippen LogP contribution < -0.4 is 10.5 Å². The average Bonchev–Trinajstić information content (AvgIpc) is 2.45. The van der Waals surface area contributed by atoms with Crippen molar-refractivity contribution in [3.05, 3.63) is 53.2 Å². The minimum atomic E-state index is -3.68. The van der Waals surface area contributed by atoms with Gasteiger partial charge in [0.05, 0.1) is 10.5 Å². The lowest BCUT2D eigenvalue weighted by molar-refractivity contribution is 0.598. The number of aryl methyl sites for hydroxylation is 1. The van der Waals surface area contributed by atoms with Crippen molar-refractivity contribution < 1.29 is 8.42 Å². The fraction of sp³-hybridized carbons (Fsp3) is 0.143. The molecule has 1 aromatic heterocycles. The van der Waals surface area contributed by atoms with Crippen LogP contribution in [0.1, 0.15) is 16.8 Å². The number of benzene rings is 1. The van der Waals surface area contributed by atoms with Gasteiger partial charge in [-0.1, -0.05) is 12.1 Å². The number of nitriles is 1. The highest BCUT2D eigenvalue weighted by Crippen LogP contribution is 2.14. The van der Waals surface area contributed by atoms with Crippen LogP contribution in [0.4, 0.5) is 5.82 Å². The van der Waals surface area contributed by atoms with E-state index in [0.29, 0.717) is 17.9 Å². The van der Waals surface area contributed by atoms with Crippen molar-refractivity contribution in [3.63, 3.8) is 0 Å². The van der Waals surface area contributed by atoms with Gasteiger partial charge in [0.2, 0.25) is 10.0 Å². The Labute approximate surface area is 123 Å². The van der Waals surface area contributed by atoms with Gasteiger partial charge in [-0.05, 0) is 36.8 Å². The third-order valence-corrected chi connectivity index (χ3v) is 3.80. The van der Waals surface area contributed by atoms with Gasteiger partial charge in [0.15, 0.2) is 0 Å². The van der Waals surface area contributed by atoms with Crippen LogP contribution in [0.25, 0.3) is 0 Å². The molecule has 0 aliphatic rings. The largest absolute Gasteiger partial charge is 0.365 e. The molecule has 0 spiro atoms. The van der Waals surface area contributed by atoms with Crippen molar-refractivity contribution in [2.45, 2.75) is 18.4 Å². The minimum absolute atomic E-state index is 0.0673. The second-order valence-electron chi connectivity index (χ2n) is 4.50. The molecule has 0 saturated carbocycles. The van der Waals surface area contributed by atoms with E-state index in [1.807, 2.05) is 6.92 Å². The highest BCUT2D eigenvalue weighted by molar-refractivity contribution is 7.89. The third-order valence-electron chi connectivity index (χ3n) is 2.87. The molecule has 0 saturated heterocycles. The van der Waals surface area contributed by atoms with Gasteiger partial charge in [-0.2, -0.15) is 5.26 Å². The van der Waals surface area contributed by atoms with Gasteiger partial charge in [-0.25, -0.2) is 18.5 Å². The summed E-state index contributed by atoms with van der Waals surface area (Å²) in [7, 11) is -3.68. The zero-order valence-corrected chi connectivity index (χ0v) is 12.2. The molecule has 6 nitrogen and oxygen atoms in total. The van der Waals surface area contributed by atoms with Crippen LogP contribution in [-0.2, 0) is 16.6 Å². The predicted octanol–water partition coefficient (Wildman–Crippen LogP) is 1.52. The lowest BCUT2D eigenvalue weighted by atomic mass is 10.2. The molecule has 0 unspecified atom stereocenters. The first-order valence-electron chi connectivity index (χ1n) is 6.13. The van der Waals surface area contributed by atoms with Crippen molar-refractivity contribution in [3.8, 4) is 6.07 Å². The highest BCUT2D eigenvalue weighted by Gasteiger charge is 2.07. The maximum Gasteiger partial charge on any atom is 0.238 e. The number of anilines is 1.